The van der Waals surface area contributed by atoms with Crippen molar-refractivity contribution in [2.75, 3.05) is 19.6 Å². The Balaban J connectivity index is 2.80. The average molecular weight is 268 g/mol. The lowest BCUT2D eigenvalue weighted by Gasteiger charge is -2.41. The molecule has 1 amide bonds. The van der Waals surface area contributed by atoms with Crippen molar-refractivity contribution in [1.29, 1.82) is 0 Å². The molecule has 1 aliphatic heterocycles. The maximum atomic E-state index is 12.9. The van der Waals surface area contributed by atoms with Crippen LogP contribution >= 0.6 is 0 Å². The van der Waals surface area contributed by atoms with Gasteiger partial charge in [-0.25, -0.2) is 0 Å². The smallest absolute Gasteiger partial charge is 0.228 e. The number of amides is 1. The Morgan fingerprint density at radius 2 is 1.95 bits per heavy atom. The fourth-order valence-corrected chi connectivity index (χ4v) is 2.93. The summed E-state index contributed by atoms with van der Waals surface area (Å²) in [7, 11) is 0. The van der Waals surface area contributed by atoms with E-state index in [1.54, 1.807) is 0 Å². The van der Waals surface area contributed by atoms with Crippen LogP contribution in [0.4, 0.5) is 0 Å². The van der Waals surface area contributed by atoms with Gasteiger partial charge in [0.1, 0.15) is 0 Å². The molecule has 0 saturated carbocycles. The fraction of sp³-hybridized carbons (Fsp3) is 0.938. The molecule has 0 spiro atoms. The number of hydrogen-bond acceptors (Lipinski definition) is 2. The molecule has 1 saturated heterocycles. The minimum absolute atomic E-state index is 0.257. The molecule has 0 radical (unpaired) electrons. The molecule has 1 fully saturated rings. The summed E-state index contributed by atoms with van der Waals surface area (Å²) >= 11 is 0. The third-order valence-electron chi connectivity index (χ3n) is 4.31. The summed E-state index contributed by atoms with van der Waals surface area (Å²) in [6.45, 7) is 15.8. The van der Waals surface area contributed by atoms with E-state index in [-0.39, 0.29) is 11.5 Å². The summed E-state index contributed by atoms with van der Waals surface area (Å²) < 4.78 is 0. The lowest BCUT2D eigenvalue weighted by atomic mass is 9.73. The van der Waals surface area contributed by atoms with Crippen LogP contribution < -0.4 is 5.32 Å². The molecule has 1 heterocycles. The van der Waals surface area contributed by atoms with Crippen LogP contribution in [0.15, 0.2) is 0 Å². The normalized spacial score (nSPS) is 20.9. The molecule has 1 N–H and O–H groups in total. The first-order valence-corrected chi connectivity index (χ1v) is 7.78. The second kappa shape index (κ2) is 6.74. The van der Waals surface area contributed by atoms with Crippen molar-refractivity contribution in [3.8, 4) is 0 Å². The maximum absolute atomic E-state index is 12.9. The van der Waals surface area contributed by atoms with E-state index in [9.17, 15) is 4.79 Å². The van der Waals surface area contributed by atoms with E-state index < -0.39 is 0 Å². The summed E-state index contributed by atoms with van der Waals surface area (Å²) in [6, 6.07) is 0.283. The molecular weight excluding hydrogens is 236 g/mol. The van der Waals surface area contributed by atoms with Crippen LogP contribution in [-0.4, -0.2) is 36.5 Å². The molecule has 1 unspecified atom stereocenters. The fourth-order valence-electron chi connectivity index (χ4n) is 2.93. The standard InChI is InChI=1S/C16H32N2O/c1-12(2)11-18(13(3)4)15(19)16(5,6)14-8-7-9-17-10-14/h12-14,17H,7-11H2,1-6H3. The van der Waals surface area contributed by atoms with Gasteiger partial charge in [0.15, 0.2) is 0 Å². The Morgan fingerprint density at radius 3 is 2.37 bits per heavy atom. The second-order valence-electron chi connectivity index (χ2n) is 7.21. The summed E-state index contributed by atoms with van der Waals surface area (Å²) in [6.07, 6.45) is 2.35. The highest BCUT2D eigenvalue weighted by Gasteiger charge is 2.40. The maximum Gasteiger partial charge on any atom is 0.228 e. The first kappa shape index (κ1) is 16.5. The van der Waals surface area contributed by atoms with E-state index in [0.29, 0.717) is 17.7 Å². The van der Waals surface area contributed by atoms with E-state index in [0.717, 1.165) is 19.6 Å². The predicted octanol–water partition coefficient (Wildman–Crippen LogP) is 2.91. The SMILES string of the molecule is CC(C)CN(C(=O)C(C)(C)C1CCCNC1)C(C)C. The molecule has 0 aromatic carbocycles. The number of rotatable bonds is 5. The highest BCUT2D eigenvalue weighted by Crippen LogP contribution is 2.34. The summed E-state index contributed by atoms with van der Waals surface area (Å²) in [5.41, 5.74) is -0.257. The summed E-state index contributed by atoms with van der Waals surface area (Å²) in [4.78, 5) is 15.0. The van der Waals surface area contributed by atoms with Crippen LogP contribution in [0, 0.1) is 17.3 Å². The zero-order chi connectivity index (χ0) is 14.6. The lowest BCUT2D eigenvalue weighted by Crippen LogP contribution is -2.51. The Bertz CT molecular complexity index is 291. The van der Waals surface area contributed by atoms with Gasteiger partial charge in [-0.15, -0.1) is 0 Å². The third-order valence-corrected chi connectivity index (χ3v) is 4.31. The average Bonchev–Trinajstić information content (AvgIpc) is 2.35. The van der Waals surface area contributed by atoms with Crippen molar-refractivity contribution in [1.82, 2.24) is 10.2 Å². The van der Waals surface area contributed by atoms with E-state index in [1.807, 2.05) is 0 Å². The Hall–Kier alpha value is -0.570. The van der Waals surface area contributed by atoms with Crippen LogP contribution in [0.3, 0.4) is 0 Å². The van der Waals surface area contributed by atoms with Gasteiger partial charge in [-0.3, -0.25) is 4.79 Å². The first-order valence-electron chi connectivity index (χ1n) is 7.78. The molecule has 0 aliphatic carbocycles. The van der Waals surface area contributed by atoms with Crippen molar-refractivity contribution in [2.45, 2.75) is 60.4 Å². The molecule has 112 valence electrons. The molecule has 0 aromatic heterocycles. The molecule has 0 bridgehead atoms. The molecule has 1 aliphatic rings. The van der Waals surface area contributed by atoms with Crippen molar-refractivity contribution < 1.29 is 4.79 Å². The Morgan fingerprint density at radius 1 is 1.32 bits per heavy atom. The topological polar surface area (TPSA) is 32.3 Å². The molecular formula is C16H32N2O. The van der Waals surface area contributed by atoms with Gasteiger partial charge in [0.05, 0.1) is 0 Å². The van der Waals surface area contributed by atoms with Gasteiger partial charge in [0, 0.05) is 18.0 Å². The van der Waals surface area contributed by atoms with Gasteiger partial charge < -0.3 is 10.2 Å². The van der Waals surface area contributed by atoms with Crippen molar-refractivity contribution >= 4 is 5.91 Å². The van der Waals surface area contributed by atoms with Crippen LogP contribution in [0.5, 0.6) is 0 Å². The highest BCUT2D eigenvalue weighted by molar-refractivity contribution is 5.82. The van der Waals surface area contributed by atoms with Gasteiger partial charge in [-0.2, -0.15) is 0 Å². The van der Waals surface area contributed by atoms with Gasteiger partial charge in [-0.05, 0) is 51.6 Å². The van der Waals surface area contributed by atoms with E-state index in [1.165, 1.54) is 12.8 Å². The molecule has 3 nitrogen and oxygen atoms in total. The van der Waals surface area contributed by atoms with Gasteiger partial charge in [-0.1, -0.05) is 27.7 Å². The zero-order valence-corrected chi connectivity index (χ0v) is 13.6. The third kappa shape index (κ3) is 4.20. The predicted molar refractivity (Wildman–Crippen MR) is 81.1 cm³/mol. The zero-order valence-electron chi connectivity index (χ0n) is 13.6. The number of nitrogens with zero attached hydrogens (tertiary/aromatic N) is 1. The van der Waals surface area contributed by atoms with Crippen molar-refractivity contribution in [2.24, 2.45) is 17.3 Å². The minimum Gasteiger partial charge on any atom is -0.340 e. The first-order chi connectivity index (χ1) is 8.76. The van der Waals surface area contributed by atoms with Crippen LogP contribution in [0.25, 0.3) is 0 Å². The molecule has 3 heteroatoms. The lowest BCUT2D eigenvalue weighted by molar-refractivity contribution is -0.146. The summed E-state index contributed by atoms with van der Waals surface area (Å²) in [5.74, 6) is 1.30. The van der Waals surface area contributed by atoms with Crippen molar-refractivity contribution in [3.05, 3.63) is 0 Å². The number of piperidine rings is 1. The van der Waals surface area contributed by atoms with Crippen LogP contribution in [0.1, 0.15) is 54.4 Å². The van der Waals surface area contributed by atoms with Gasteiger partial charge in [0.25, 0.3) is 0 Å². The number of carbonyl (C=O) groups excluding carboxylic acids is 1. The quantitative estimate of drug-likeness (QED) is 0.831. The van der Waals surface area contributed by atoms with Gasteiger partial charge in [0.2, 0.25) is 5.91 Å². The Labute approximate surface area is 119 Å². The van der Waals surface area contributed by atoms with E-state index >= 15 is 0 Å². The molecule has 1 rings (SSSR count). The van der Waals surface area contributed by atoms with Crippen LogP contribution in [0.2, 0.25) is 0 Å². The summed E-state index contributed by atoms with van der Waals surface area (Å²) in [5, 5.41) is 3.43. The molecule has 0 aromatic rings. The highest BCUT2D eigenvalue weighted by atomic mass is 16.2. The molecule has 1 atom stereocenters. The van der Waals surface area contributed by atoms with E-state index in [4.69, 9.17) is 0 Å². The number of hydrogen-bond donors (Lipinski definition) is 1. The number of carbonyl (C=O) groups is 1. The van der Waals surface area contributed by atoms with Gasteiger partial charge >= 0.3 is 0 Å². The van der Waals surface area contributed by atoms with Crippen molar-refractivity contribution in [3.63, 3.8) is 0 Å². The number of nitrogens with one attached hydrogen (secondary N) is 1. The van der Waals surface area contributed by atoms with Crippen LogP contribution in [-0.2, 0) is 4.79 Å². The second-order valence-corrected chi connectivity index (χ2v) is 7.21. The monoisotopic (exact) mass is 268 g/mol. The Kier molecular flexibility index (Phi) is 5.84. The minimum atomic E-state index is -0.257. The van der Waals surface area contributed by atoms with E-state index in [2.05, 4.69) is 51.8 Å². The largest absolute Gasteiger partial charge is 0.340 e. The molecule has 19 heavy (non-hydrogen) atoms.